The van der Waals surface area contributed by atoms with Gasteiger partial charge in [0.1, 0.15) is 12.4 Å². The molecule has 2 rings (SSSR count). The summed E-state index contributed by atoms with van der Waals surface area (Å²) >= 11 is 0. The molecule has 1 unspecified atom stereocenters. The van der Waals surface area contributed by atoms with E-state index in [2.05, 4.69) is 37.9 Å². The van der Waals surface area contributed by atoms with Crippen molar-refractivity contribution in [2.75, 3.05) is 18.6 Å². The minimum Gasteiger partial charge on any atom is -0.491 e. The van der Waals surface area contributed by atoms with Gasteiger partial charge < -0.3 is 9.64 Å². The summed E-state index contributed by atoms with van der Waals surface area (Å²) < 4.78 is 5.98. The van der Waals surface area contributed by atoms with E-state index in [0.717, 1.165) is 23.4 Å². The second-order valence-electron chi connectivity index (χ2n) is 5.41. The lowest BCUT2D eigenvalue weighted by atomic mass is 10.1. The molecule has 2 aromatic carbocycles. The lowest BCUT2D eigenvalue weighted by Crippen LogP contribution is -2.36. The smallest absolute Gasteiger partial charge is 0.122 e. The Morgan fingerprint density at radius 2 is 1.82 bits per heavy atom. The first-order valence-electron chi connectivity index (χ1n) is 7.57. The first kappa shape index (κ1) is 15.9. The number of hydrogen-bond donors (Lipinski definition) is 0. The van der Waals surface area contributed by atoms with Crippen molar-refractivity contribution in [2.24, 2.45) is 0 Å². The number of benzene rings is 2. The second-order valence-corrected chi connectivity index (χ2v) is 5.41. The minimum absolute atomic E-state index is 0.285. The molecule has 0 aliphatic heterocycles. The fourth-order valence-corrected chi connectivity index (χ4v) is 2.39. The van der Waals surface area contributed by atoms with E-state index in [1.807, 2.05) is 42.5 Å². The van der Waals surface area contributed by atoms with Crippen molar-refractivity contribution < 1.29 is 4.74 Å². The maximum atomic E-state index is 8.88. The van der Waals surface area contributed by atoms with Crippen LogP contribution in [0.3, 0.4) is 0 Å². The van der Waals surface area contributed by atoms with Crippen molar-refractivity contribution in [3.63, 3.8) is 0 Å². The van der Waals surface area contributed by atoms with Crippen molar-refractivity contribution in [1.29, 1.82) is 5.26 Å². The third-order valence-electron chi connectivity index (χ3n) is 3.95. The van der Waals surface area contributed by atoms with Crippen molar-refractivity contribution in [1.82, 2.24) is 0 Å². The predicted octanol–water partition coefficient (Wildman–Crippen LogP) is 4.16. The molecule has 0 fully saturated rings. The molecule has 0 N–H and O–H groups in total. The summed E-state index contributed by atoms with van der Waals surface area (Å²) in [5.74, 6) is 0.939. The van der Waals surface area contributed by atoms with Gasteiger partial charge in [0.25, 0.3) is 0 Å². The molecule has 0 aliphatic rings. The number of likely N-dealkylation sites (N-methyl/N-ethyl adjacent to an activating group) is 1. The maximum absolute atomic E-state index is 8.88. The highest BCUT2D eigenvalue weighted by Gasteiger charge is 2.14. The number of nitrogens with zero attached hydrogens (tertiary/aromatic N) is 2. The SMILES string of the molecule is CCC(COc1ccccc1C)N(C)c1ccc(C#N)cc1. The average Bonchev–Trinajstić information content (AvgIpc) is 2.56. The van der Waals surface area contributed by atoms with Gasteiger partial charge in [0.2, 0.25) is 0 Å². The molecular formula is C19H22N2O. The summed E-state index contributed by atoms with van der Waals surface area (Å²) in [5, 5.41) is 8.88. The van der Waals surface area contributed by atoms with Gasteiger partial charge in [0.05, 0.1) is 17.7 Å². The largest absolute Gasteiger partial charge is 0.491 e. The fraction of sp³-hybridized carbons (Fsp3) is 0.316. The summed E-state index contributed by atoms with van der Waals surface area (Å²) in [7, 11) is 2.07. The number of aryl methyl sites for hydroxylation is 1. The third-order valence-corrected chi connectivity index (χ3v) is 3.95. The van der Waals surface area contributed by atoms with Gasteiger partial charge in [-0.05, 0) is 49.2 Å². The lowest BCUT2D eigenvalue weighted by Gasteiger charge is -2.29. The molecule has 3 heteroatoms. The van der Waals surface area contributed by atoms with Crippen LogP contribution in [-0.2, 0) is 0 Å². The van der Waals surface area contributed by atoms with E-state index in [4.69, 9.17) is 10.00 Å². The average molecular weight is 294 g/mol. The highest BCUT2D eigenvalue weighted by molar-refractivity contribution is 5.50. The zero-order valence-corrected chi connectivity index (χ0v) is 13.4. The molecule has 3 nitrogen and oxygen atoms in total. The van der Waals surface area contributed by atoms with Gasteiger partial charge in [-0.15, -0.1) is 0 Å². The van der Waals surface area contributed by atoms with E-state index >= 15 is 0 Å². The van der Waals surface area contributed by atoms with Gasteiger partial charge in [-0.25, -0.2) is 0 Å². The van der Waals surface area contributed by atoms with Crippen LogP contribution in [0, 0.1) is 18.3 Å². The van der Waals surface area contributed by atoms with Crippen LogP contribution in [0.25, 0.3) is 0 Å². The Morgan fingerprint density at radius 1 is 1.14 bits per heavy atom. The predicted molar refractivity (Wildman–Crippen MR) is 90.3 cm³/mol. The van der Waals surface area contributed by atoms with Crippen LogP contribution in [0.4, 0.5) is 5.69 Å². The second kappa shape index (κ2) is 7.51. The van der Waals surface area contributed by atoms with Gasteiger partial charge in [0.15, 0.2) is 0 Å². The highest BCUT2D eigenvalue weighted by Crippen LogP contribution is 2.20. The molecule has 0 saturated heterocycles. The molecular weight excluding hydrogens is 272 g/mol. The maximum Gasteiger partial charge on any atom is 0.122 e. The molecule has 0 spiro atoms. The number of para-hydroxylation sites is 1. The van der Waals surface area contributed by atoms with Crippen LogP contribution >= 0.6 is 0 Å². The first-order valence-corrected chi connectivity index (χ1v) is 7.57. The molecule has 0 saturated carbocycles. The summed E-state index contributed by atoms with van der Waals surface area (Å²) in [4.78, 5) is 2.21. The van der Waals surface area contributed by atoms with Crippen molar-refractivity contribution >= 4 is 5.69 Å². The Bertz CT molecular complexity index is 643. The molecule has 2 aromatic rings. The van der Waals surface area contributed by atoms with Crippen LogP contribution in [0.2, 0.25) is 0 Å². The Hall–Kier alpha value is -2.47. The standard InChI is InChI=1S/C19H22N2O/c1-4-17(14-22-19-8-6-5-7-15(19)2)21(3)18-11-9-16(13-20)10-12-18/h5-12,17H,4,14H2,1-3H3. The van der Waals surface area contributed by atoms with E-state index in [-0.39, 0.29) is 6.04 Å². The van der Waals surface area contributed by atoms with E-state index in [1.165, 1.54) is 0 Å². The molecule has 22 heavy (non-hydrogen) atoms. The van der Waals surface area contributed by atoms with Crippen molar-refractivity contribution in [3.05, 3.63) is 59.7 Å². The summed E-state index contributed by atoms with van der Waals surface area (Å²) in [6, 6.07) is 18.2. The normalized spacial score (nSPS) is 11.5. The number of anilines is 1. The molecule has 114 valence electrons. The molecule has 1 atom stereocenters. The number of hydrogen-bond acceptors (Lipinski definition) is 3. The Labute approximate surface area is 132 Å². The number of rotatable bonds is 6. The van der Waals surface area contributed by atoms with Gasteiger partial charge >= 0.3 is 0 Å². The fourth-order valence-electron chi connectivity index (χ4n) is 2.39. The monoisotopic (exact) mass is 294 g/mol. The molecule has 0 amide bonds. The van der Waals surface area contributed by atoms with E-state index in [9.17, 15) is 0 Å². The zero-order chi connectivity index (χ0) is 15.9. The molecule has 0 bridgehead atoms. The summed E-state index contributed by atoms with van der Waals surface area (Å²) in [5.41, 5.74) is 2.93. The summed E-state index contributed by atoms with van der Waals surface area (Å²) in [6.45, 7) is 4.85. The first-order chi connectivity index (χ1) is 10.7. The zero-order valence-electron chi connectivity index (χ0n) is 13.4. The van der Waals surface area contributed by atoms with Gasteiger partial charge in [-0.1, -0.05) is 25.1 Å². The van der Waals surface area contributed by atoms with Crippen LogP contribution in [0.15, 0.2) is 48.5 Å². The topological polar surface area (TPSA) is 36.3 Å². The van der Waals surface area contributed by atoms with Crippen LogP contribution in [0.5, 0.6) is 5.75 Å². The minimum atomic E-state index is 0.285. The molecule has 0 aliphatic carbocycles. The molecule has 0 aromatic heterocycles. The highest BCUT2D eigenvalue weighted by atomic mass is 16.5. The quantitative estimate of drug-likeness (QED) is 0.802. The van der Waals surface area contributed by atoms with Gasteiger partial charge in [-0.3, -0.25) is 0 Å². The van der Waals surface area contributed by atoms with Crippen LogP contribution in [-0.4, -0.2) is 19.7 Å². The molecule has 0 heterocycles. The van der Waals surface area contributed by atoms with Gasteiger partial charge in [-0.2, -0.15) is 5.26 Å². The van der Waals surface area contributed by atoms with Gasteiger partial charge in [0, 0.05) is 12.7 Å². The Morgan fingerprint density at radius 3 is 2.41 bits per heavy atom. The van der Waals surface area contributed by atoms with E-state index in [1.54, 1.807) is 0 Å². The lowest BCUT2D eigenvalue weighted by molar-refractivity contribution is 0.279. The number of ether oxygens (including phenoxy) is 1. The number of nitriles is 1. The van der Waals surface area contributed by atoms with Crippen molar-refractivity contribution in [3.8, 4) is 11.8 Å². The Kier molecular flexibility index (Phi) is 5.43. The van der Waals surface area contributed by atoms with Crippen LogP contribution in [0.1, 0.15) is 24.5 Å². The van der Waals surface area contributed by atoms with E-state index < -0.39 is 0 Å². The Balaban J connectivity index is 2.04. The third kappa shape index (κ3) is 3.79. The molecule has 0 radical (unpaired) electrons. The summed E-state index contributed by atoms with van der Waals surface area (Å²) in [6.07, 6.45) is 0.988. The van der Waals surface area contributed by atoms with E-state index in [0.29, 0.717) is 12.2 Å². The van der Waals surface area contributed by atoms with Crippen LogP contribution < -0.4 is 9.64 Å². The van der Waals surface area contributed by atoms with Crippen molar-refractivity contribution in [2.45, 2.75) is 26.3 Å².